The topological polar surface area (TPSA) is 37.8 Å². The molecule has 0 aliphatic carbocycles. The lowest BCUT2D eigenvalue weighted by Crippen LogP contribution is -2.12. The lowest BCUT2D eigenvalue weighted by Gasteiger charge is -2.05. The smallest absolute Gasteiger partial charge is 0.0772 e. The van der Waals surface area contributed by atoms with Crippen LogP contribution in [0.15, 0.2) is 0 Å². The van der Waals surface area contributed by atoms with E-state index in [0.717, 1.165) is 12.2 Å². The van der Waals surface area contributed by atoms with Crippen LogP contribution in [0.5, 0.6) is 0 Å². The van der Waals surface area contributed by atoms with Crippen LogP contribution in [-0.4, -0.2) is 16.1 Å². The third-order valence-corrected chi connectivity index (χ3v) is 3.00. The van der Waals surface area contributed by atoms with Gasteiger partial charge in [0, 0.05) is 6.04 Å². The zero-order valence-corrected chi connectivity index (χ0v) is 7.32. The third kappa shape index (κ3) is 1.28. The Hall–Kier alpha value is -0.480. The van der Waals surface area contributed by atoms with Crippen LogP contribution >= 0.6 is 11.5 Å². The minimum Gasteiger partial charge on any atom is -0.309 e. The maximum atomic E-state index is 3.99. The van der Waals surface area contributed by atoms with Gasteiger partial charge in [-0.2, -0.15) is 0 Å². The fraction of sp³-hybridized carbons (Fsp3) is 0.714. The van der Waals surface area contributed by atoms with Gasteiger partial charge in [-0.25, -0.2) is 0 Å². The first-order valence-corrected chi connectivity index (χ1v) is 4.67. The van der Waals surface area contributed by atoms with Gasteiger partial charge in [0.1, 0.15) is 0 Å². The molecule has 0 bridgehead atoms. The van der Waals surface area contributed by atoms with Crippen LogP contribution in [-0.2, 0) is 0 Å². The molecule has 1 fully saturated rings. The number of hydrogen-bond acceptors (Lipinski definition) is 4. The van der Waals surface area contributed by atoms with Gasteiger partial charge in [0.2, 0.25) is 0 Å². The Kier molecular flexibility index (Phi) is 1.87. The van der Waals surface area contributed by atoms with Crippen LogP contribution in [0.2, 0.25) is 0 Å². The zero-order valence-electron chi connectivity index (χ0n) is 6.50. The Morgan fingerprint density at radius 2 is 2.55 bits per heavy atom. The summed E-state index contributed by atoms with van der Waals surface area (Å²) in [7, 11) is 0. The van der Waals surface area contributed by atoms with E-state index in [9.17, 15) is 0 Å². The van der Waals surface area contributed by atoms with Gasteiger partial charge in [-0.15, -0.1) is 5.10 Å². The number of hydrogen-bond donors (Lipinski definition) is 1. The molecule has 4 heteroatoms. The van der Waals surface area contributed by atoms with Crippen molar-refractivity contribution in [2.45, 2.75) is 25.8 Å². The summed E-state index contributed by atoms with van der Waals surface area (Å²) in [5.74, 6) is 0. The van der Waals surface area contributed by atoms with E-state index >= 15 is 0 Å². The summed E-state index contributed by atoms with van der Waals surface area (Å²) in [6.45, 7) is 3.17. The molecule has 60 valence electrons. The predicted octanol–water partition coefficient (Wildman–Crippen LogP) is 1.27. The number of nitrogens with one attached hydrogen (secondary N) is 1. The van der Waals surface area contributed by atoms with E-state index in [-0.39, 0.29) is 0 Å². The molecule has 0 spiro atoms. The minimum atomic E-state index is 0.537. The molecule has 1 atom stereocenters. The molecule has 1 aliphatic rings. The summed E-state index contributed by atoms with van der Waals surface area (Å²) in [4.78, 5) is 1.32. The molecule has 1 saturated heterocycles. The maximum Gasteiger partial charge on any atom is 0.0772 e. The Balaban J connectivity index is 2.21. The average molecular weight is 169 g/mol. The lowest BCUT2D eigenvalue weighted by molar-refractivity contribution is 0.654. The Morgan fingerprint density at radius 1 is 1.64 bits per heavy atom. The number of aryl methyl sites for hydroxylation is 1. The molecule has 11 heavy (non-hydrogen) atoms. The molecule has 1 aromatic heterocycles. The van der Waals surface area contributed by atoms with Crippen molar-refractivity contribution in [1.29, 1.82) is 0 Å². The highest BCUT2D eigenvalue weighted by Crippen LogP contribution is 2.26. The summed E-state index contributed by atoms with van der Waals surface area (Å²) in [5.41, 5.74) is 1.09. The lowest BCUT2D eigenvalue weighted by atomic mass is 10.2. The minimum absolute atomic E-state index is 0.537. The van der Waals surface area contributed by atoms with Crippen molar-refractivity contribution in [3.8, 4) is 0 Å². The summed E-state index contributed by atoms with van der Waals surface area (Å²) >= 11 is 1.52. The first-order valence-electron chi connectivity index (χ1n) is 3.90. The molecule has 1 aromatic rings. The Labute approximate surface area is 70.0 Å². The number of nitrogens with zero attached hydrogens (tertiary/aromatic N) is 2. The highest BCUT2D eigenvalue weighted by molar-refractivity contribution is 7.05. The van der Waals surface area contributed by atoms with Crippen LogP contribution in [0.25, 0.3) is 0 Å². The van der Waals surface area contributed by atoms with Crippen molar-refractivity contribution < 1.29 is 0 Å². The fourth-order valence-corrected chi connectivity index (χ4v) is 2.22. The predicted molar refractivity (Wildman–Crippen MR) is 44.6 cm³/mol. The van der Waals surface area contributed by atoms with E-state index in [4.69, 9.17) is 0 Å². The van der Waals surface area contributed by atoms with Gasteiger partial charge in [-0.05, 0) is 37.8 Å². The van der Waals surface area contributed by atoms with Crippen LogP contribution < -0.4 is 5.32 Å². The summed E-state index contributed by atoms with van der Waals surface area (Å²) in [5, 5.41) is 7.42. The van der Waals surface area contributed by atoms with Gasteiger partial charge >= 0.3 is 0 Å². The summed E-state index contributed by atoms with van der Waals surface area (Å²) in [6, 6.07) is 0.537. The second-order valence-electron chi connectivity index (χ2n) is 2.87. The van der Waals surface area contributed by atoms with Gasteiger partial charge in [0.05, 0.1) is 10.6 Å². The second kappa shape index (κ2) is 2.87. The molecule has 1 aliphatic heterocycles. The van der Waals surface area contributed by atoms with E-state index in [1.54, 1.807) is 0 Å². The molecule has 1 unspecified atom stereocenters. The quantitative estimate of drug-likeness (QED) is 0.688. The van der Waals surface area contributed by atoms with Crippen LogP contribution in [0, 0.1) is 6.92 Å². The van der Waals surface area contributed by atoms with Gasteiger partial charge in [-0.1, -0.05) is 4.49 Å². The van der Waals surface area contributed by atoms with E-state index < -0.39 is 0 Å². The highest BCUT2D eigenvalue weighted by atomic mass is 32.1. The molecule has 0 radical (unpaired) electrons. The van der Waals surface area contributed by atoms with E-state index in [0.29, 0.717) is 6.04 Å². The SMILES string of the molecule is Cc1nnsc1C1CCCN1. The Morgan fingerprint density at radius 3 is 3.09 bits per heavy atom. The van der Waals surface area contributed by atoms with Crippen LogP contribution in [0.1, 0.15) is 29.5 Å². The molecule has 3 nitrogen and oxygen atoms in total. The summed E-state index contributed by atoms with van der Waals surface area (Å²) in [6.07, 6.45) is 2.52. The molecular weight excluding hydrogens is 158 g/mol. The fourth-order valence-electron chi connectivity index (χ4n) is 1.47. The zero-order chi connectivity index (χ0) is 7.68. The van der Waals surface area contributed by atoms with Gasteiger partial charge < -0.3 is 5.32 Å². The monoisotopic (exact) mass is 169 g/mol. The molecule has 1 N–H and O–H groups in total. The van der Waals surface area contributed by atoms with Crippen molar-refractivity contribution in [3.63, 3.8) is 0 Å². The number of rotatable bonds is 1. The number of aromatic nitrogens is 2. The van der Waals surface area contributed by atoms with E-state index in [1.807, 2.05) is 6.92 Å². The molecule has 2 rings (SSSR count). The van der Waals surface area contributed by atoms with Gasteiger partial charge in [0.25, 0.3) is 0 Å². The standard InChI is InChI=1S/C7H11N3S/c1-5-7(11-10-9-5)6-3-2-4-8-6/h6,8H,2-4H2,1H3. The van der Waals surface area contributed by atoms with E-state index in [1.165, 1.54) is 29.3 Å². The molecule has 0 aromatic carbocycles. The van der Waals surface area contributed by atoms with Gasteiger partial charge in [0.15, 0.2) is 0 Å². The average Bonchev–Trinajstić information content (AvgIpc) is 2.55. The highest BCUT2D eigenvalue weighted by Gasteiger charge is 2.20. The third-order valence-electron chi connectivity index (χ3n) is 2.06. The van der Waals surface area contributed by atoms with Crippen molar-refractivity contribution in [2.24, 2.45) is 0 Å². The largest absolute Gasteiger partial charge is 0.309 e. The first kappa shape index (κ1) is 7.18. The van der Waals surface area contributed by atoms with Crippen molar-refractivity contribution >= 4 is 11.5 Å². The summed E-state index contributed by atoms with van der Waals surface area (Å²) < 4.78 is 3.92. The van der Waals surface area contributed by atoms with Crippen molar-refractivity contribution in [2.75, 3.05) is 6.54 Å². The van der Waals surface area contributed by atoms with Crippen LogP contribution in [0.4, 0.5) is 0 Å². The molecule has 0 saturated carbocycles. The first-order chi connectivity index (χ1) is 5.38. The maximum absolute atomic E-state index is 3.99. The van der Waals surface area contributed by atoms with Crippen molar-refractivity contribution in [1.82, 2.24) is 14.9 Å². The second-order valence-corrected chi connectivity index (χ2v) is 3.66. The van der Waals surface area contributed by atoms with Gasteiger partial charge in [-0.3, -0.25) is 0 Å². The Bertz CT molecular complexity index is 240. The van der Waals surface area contributed by atoms with Crippen LogP contribution in [0.3, 0.4) is 0 Å². The van der Waals surface area contributed by atoms with E-state index in [2.05, 4.69) is 14.9 Å². The normalized spacial score (nSPS) is 24.3. The molecular formula is C7H11N3S. The van der Waals surface area contributed by atoms with Crippen molar-refractivity contribution in [3.05, 3.63) is 10.6 Å². The molecule has 0 amide bonds. The molecule has 2 heterocycles.